The zero-order valence-electron chi connectivity index (χ0n) is 28.7. The molecular formula is C36H61O10P. The highest BCUT2D eigenvalue weighted by Crippen LogP contribution is 2.43. The molecule has 0 aliphatic rings. The van der Waals surface area contributed by atoms with Gasteiger partial charge in [0.25, 0.3) is 0 Å². The van der Waals surface area contributed by atoms with Crippen LogP contribution in [0.15, 0.2) is 60.8 Å². The third kappa shape index (κ3) is 32.0. The van der Waals surface area contributed by atoms with Gasteiger partial charge in [0.2, 0.25) is 0 Å². The van der Waals surface area contributed by atoms with Crippen molar-refractivity contribution in [2.75, 3.05) is 26.4 Å². The fourth-order valence-corrected chi connectivity index (χ4v) is 4.77. The lowest BCUT2D eigenvalue weighted by Crippen LogP contribution is -2.29. The molecule has 3 unspecified atom stereocenters. The van der Waals surface area contributed by atoms with Crippen LogP contribution < -0.4 is 0 Å². The van der Waals surface area contributed by atoms with Crippen LogP contribution in [-0.2, 0) is 32.7 Å². The number of allylic oxidation sites excluding steroid dienone is 10. The number of rotatable bonds is 31. The molecule has 47 heavy (non-hydrogen) atoms. The Morgan fingerprint density at radius 1 is 0.660 bits per heavy atom. The van der Waals surface area contributed by atoms with Gasteiger partial charge >= 0.3 is 19.8 Å². The highest BCUT2D eigenvalue weighted by molar-refractivity contribution is 7.47. The Balaban J connectivity index is 4.58. The number of esters is 2. The monoisotopic (exact) mass is 684 g/mol. The summed E-state index contributed by atoms with van der Waals surface area (Å²) in [5, 5.41) is 18.2. The molecule has 0 aliphatic carbocycles. The van der Waals surface area contributed by atoms with Crippen molar-refractivity contribution in [1.82, 2.24) is 0 Å². The van der Waals surface area contributed by atoms with Crippen molar-refractivity contribution < 1.29 is 47.8 Å². The molecular weight excluding hydrogens is 623 g/mol. The molecule has 3 N–H and O–H groups in total. The van der Waals surface area contributed by atoms with E-state index in [2.05, 4.69) is 60.9 Å². The van der Waals surface area contributed by atoms with Gasteiger partial charge in [-0.15, -0.1) is 0 Å². The standard InChI is InChI=1S/C36H61O10P/c1-3-5-7-9-11-13-15-16-18-20-22-24-26-28-36(40)46-34(32-45-47(41,42)44-30-33(38)29-37)31-43-35(39)27-25-23-21-19-17-14-12-10-8-6-4-2/h5,7,10-13,16,18,22,24,33-34,37-38H,3-4,6,8-9,14-15,17,19-21,23,25-32H2,1-2H3,(H,41,42)/b7-5-,12-10-,13-11-,18-16-,24-22-. The lowest BCUT2D eigenvalue weighted by Gasteiger charge is -2.20. The molecule has 0 aliphatic heterocycles. The molecule has 270 valence electrons. The topological polar surface area (TPSA) is 149 Å². The molecule has 0 heterocycles. The molecule has 0 aromatic heterocycles. The number of aliphatic hydroxyl groups excluding tert-OH is 2. The molecule has 0 radical (unpaired) electrons. The molecule has 0 aromatic carbocycles. The zero-order chi connectivity index (χ0) is 34.9. The summed E-state index contributed by atoms with van der Waals surface area (Å²) in [6.07, 6.45) is 32.2. The second-order valence-electron chi connectivity index (χ2n) is 11.2. The van der Waals surface area contributed by atoms with E-state index >= 15 is 0 Å². The van der Waals surface area contributed by atoms with Gasteiger partial charge in [0.15, 0.2) is 6.10 Å². The van der Waals surface area contributed by atoms with E-state index in [1.807, 2.05) is 18.2 Å². The Hall–Kier alpha value is -2.33. The third-order valence-electron chi connectivity index (χ3n) is 6.67. The minimum Gasteiger partial charge on any atom is -0.462 e. The summed E-state index contributed by atoms with van der Waals surface area (Å²) in [5.41, 5.74) is 0. The SMILES string of the molecule is CC/C=C\C/C=C\C/C=C\C/C=C\CCC(=O)OC(COC(=O)CCCCCCC/C=C\CCCC)COP(=O)(O)OCC(O)CO. The molecule has 3 atom stereocenters. The maximum atomic E-state index is 12.5. The van der Waals surface area contributed by atoms with Gasteiger partial charge in [-0.05, 0) is 57.8 Å². The quantitative estimate of drug-likeness (QED) is 0.0284. The van der Waals surface area contributed by atoms with Crippen LogP contribution in [0.25, 0.3) is 0 Å². The summed E-state index contributed by atoms with van der Waals surface area (Å²) in [4.78, 5) is 34.6. The lowest BCUT2D eigenvalue weighted by atomic mass is 10.1. The number of aliphatic hydroxyl groups is 2. The normalized spacial score (nSPS) is 14.9. The van der Waals surface area contributed by atoms with E-state index in [0.29, 0.717) is 12.8 Å². The van der Waals surface area contributed by atoms with Crippen LogP contribution >= 0.6 is 7.82 Å². The van der Waals surface area contributed by atoms with E-state index in [1.165, 1.54) is 12.8 Å². The number of hydrogen-bond donors (Lipinski definition) is 3. The first-order valence-corrected chi connectivity index (χ1v) is 18.7. The minimum atomic E-state index is -4.63. The molecule has 0 fully saturated rings. The predicted octanol–water partition coefficient (Wildman–Crippen LogP) is 7.99. The molecule has 0 aromatic rings. The van der Waals surface area contributed by atoms with Crippen molar-refractivity contribution in [2.24, 2.45) is 0 Å². The number of unbranched alkanes of at least 4 members (excludes halogenated alkanes) is 7. The van der Waals surface area contributed by atoms with E-state index in [9.17, 15) is 24.2 Å². The van der Waals surface area contributed by atoms with Crippen LogP contribution in [0.4, 0.5) is 0 Å². The van der Waals surface area contributed by atoms with Crippen molar-refractivity contribution >= 4 is 19.8 Å². The fraction of sp³-hybridized carbons (Fsp3) is 0.667. The molecule has 11 heteroatoms. The Labute approximate surface area is 283 Å². The van der Waals surface area contributed by atoms with E-state index < -0.39 is 51.8 Å². The number of phosphoric acid groups is 1. The second-order valence-corrected chi connectivity index (χ2v) is 12.6. The molecule has 0 saturated carbocycles. The van der Waals surface area contributed by atoms with Gasteiger partial charge in [0.1, 0.15) is 12.7 Å². The van der Waals surface area contributed by atoms with Gasteiger partial charge in [-0.1, -0.05) is 107 Å². The Morgan fingerprint density at radius 2 is 1.21 bits per heavy atom. The molecule has 10 nitrogen and oxygen atoms in total. The van der Waals surface area contributed by atoms with E-state index in [1.54, 1.807) is 0 Å². The zero-order valence-corrected chi connectivity index (χ0v) is 29.6. The average Bonchev–Trinajstić information content (AvgIpc) is 3.05. The molecule has 0 bridgehead atoms. The third-order valence-corrected chi connectivity index (χ3v) is 7.62. The average molecular weight is 685 g/mol. The van der Waals surface area contributed by atoms with Crippen LogP contribution in [0.1, 0.15) is 117 Å². The lowest BCUT2D eigenvalue weighted by molar-refractivity contribution is -0.161. The van der Waals surface area contributed by atoms with Gasteiger partial charge in [0, 0.05) is 12.8 Å². The fourth-order valence-electron chi connectivity index (χ4n) is 3.98. The van der Waals surface area contributed by atoms with Crippen LogP contribution in [-0.4, -0.2) is 65.7 Å². The van der Waals surface area contributed by atoms with Crippen molar-refractivity contribution in [1.29, 1.82) is 0 Å². The van der Waals surface area contributed by atoms with E-state index in [-0.39, 0.29) is 19.4 Å². The van der Waals surface area contributed by atoms with Gasteiger partial charge < -0.3 is 24.6 Å². The first kappa shape index (κ1) is 44.7. The number of hydrogen-bond acceptors (Lipinski definition) is 9. The summed E-state index contributed by atoms with van der Waals surface area (Å²) in [6, 6.07) is 0. The summed E-state index contributed by atoms with van der Waals surface area (Å²) in [5.74, 6) is -1.04. The Kier molecular flexibility index (Phi) is 30.6. The van der Waals surface area contributed by atoms with Gasteiger partial charge in [0.05, 0.1) is 19.8 Å². The minimum absolute atomic E-state index is 0.0587. The van der Waals surface area contributed by atoms with Gasteiger partial charge in [-0.2, -0.15) is 0 Å². The van der Waals surface area contributed by atoms with E-state index in [0.717, 1.165) is 64.2 Å². The smallest absolute Gasteiger partial charge is 0.462 e. The highest BCUT2D eigenvalue weighted by Gasteiger charge is 2.27. The predicted molar refractivity (Wildman–Crippen MR) is 187 cm³/mol. The van der Waals surface area contributed by atoms with Gasteiger partial charge in [-0.25, -0.2) is 4.57 Å². The highest BCUT2D eigenvalue weighted by atomic mass is 31.2. The van der Waals surface area contributed by atoms with E-state index in [4.69, 9.17) is 19.1 Å². The Bertz CT molecular complexity index is 973. The molecule has 0 saturated heterocycles. The maximum Gasteiger partial charge on any atom is 0.472 e. The van der Waals surface area contributed by atoms with Crippen molar-refractivity contribution in [3.63, 3.8) is 0 Å². The van der Waals surface area contributed by atoms with Crippen LogP contribution in [0.3, 0.4) is 0 Å². The molecule has 0 amide bonds. The largest absolute Gasteiger partial charge is 0.472 e. The van der Waals surface area contributed by atoms with Crippen molar-refractivity contribution in [2.45, 2.75) is 129 Å². The van der Waals surface area contributed by atoms with Crippen molar-refractivity contribution in [3.8, 4) is 0 Å². The first-order chi connectivity index (χ1) is 22.7. The summed E-state index contributed by atoms with van der Waals surface area (Å²) in [6.45, 7) is 2.08. The Morgan fingerprint density at radius 3 is 1.85 bits per heavy atom. The first-order valence-electron chi connectivity index (χ1n) is 17.2. The summed E-state index contributed by atoms with van der Waals surface area (Å²) in [7, 11) is -4.63. The maximum absolute atomic E-state index is 12.5. The summed E-state index contributed by atoms with van der Waals surface area (Å²) >= 11 is 0. The van der Waals surface area contributed by atoms with Crippen LogP contribution in [0.2, 0.25) is 0 Å². The summed E-state index contributed by atoms with van der Waals surface area (Å²) < 4.78 is 32.4. The van der Waals surface area contributed by atoms with Gasteiger partial charge in [-0.3, -0.25) is 18.6 Å². The second kappa shape index (κ2) is 32.2. The van der Waals surface area contributed by atoms with Crippen LogP contribution in [0.5, 0.6) is 0 Å². The molecule has 0 rings (SSSR count). The number of phosphoric ester groups is 1. The number of ether oxygens (including phenoxy) is 2. The van der Waals surface area contributed by atoms with Crippen molar-refractivity contribution in [3.05, 3.63) is 60.8 Å². The molecule has 0 spiro atoms. The van der Waals surface area contributed by atoms with Crippen LogP contribution in [0, 0.1) is 0 Å². The number of carbonyl (C=O) groups excluding carboxylic acids is 2. The number of carbonyl (C=O) groups is 2.